The lowest BCUT2D eigenvalue weighted by atomic mass is 10.0. The first-order chi connectivity index (χ1) is 13.9. The number of barbiturate groups is 1. The molecule has 0 bridgehead atoms. The van der Waals surface area contributed by atoms with Crippen LogP contribution >= 0.6 is 0 Å². The van der Waals surface area contributed by atoms with Gasteiger partial charge in [0.1, 0.15) is 5.57 Å². The Labute approximate surface area is 167 Å². The Kier molecular flexibility index (Phi) is 4.57. The first-order valence-electron chi connectivity index (χ1n) is 9.12. The average molecular weight is 396 g/mol. The fraction of sp³-hybridized carbons (Fsp3) is 0.300. The van der Waals surface area contributed by atoms with Crippen molar-refractivity contribution < 1.29 is 23.9 Å². The summed E-state index contributed by atoms with van der Waals surface area (Å²) < 4.78 is 13.0. The summed E-state index contributed by atoms with van der Waals surface area (Å²) in [6.07, 6.45) is 3.98. The first-order valence-corrected chi connectivity index (χ1v) is 9.12. The minimum absolute atomic E-state index is 0.0989. The molecule has 0 spiro atoms. The Morgan fingerprint density at radius 3 is 2.31 bits per heavy atom. The van der Waals surface area contributed by atoms with Crippen molar-refractivity contribution in [1.29, 1.82) is 0 Å². The third-order valence-electron chi connectivity index (χ3n) is 4.82. The van der Waals surface area contributed by atoms with E-state index < -0.39 is 17.8 Å². The van der Waals surface area contributed by atoms with E-state index in [0.717, 1.165) is 21.8 Å². The van der Waals surface area contributed by atoms with Crippen molar-refractivity contribution in [3.8, 4) is 22.8 Å². The molecule has 9 nitrogen and oxygen atoms in total. The number of benzene rings is 1. The second-order valence-electron chi connectivity index (χ2n) is 6.89. The third kappa shape index (κ3) is 3.24. The number of amides is 4. The number of hydrogen-bond acceptors (Lipinski definition) is 6. The maximum atomic E-state index is 12.5. The normalized spacial score (nSPS) is 16.9. The maximum absolute atomic E-state index is 12.5. The highest BCUT2D eigenvalue weighted by Gasteiger charge is 2.38. The molecule has 0 N–H and O–H groups in total. The Morgan fingerprint density at radius 2 is 1.62 bits per heavy atom. The molecule has 0 radical (unpaired) electrons. The van der Waals surface area contributed by atoms with Crippen molar-refractivity contribution in [1.82, 2.24) is 19.6 Å². The van der Waals surface area contributed by atoms with Crippen molar-refractivity contribution >= 4 is 23.9 Å². The molecule has 2 aliphatic heterocycles. The summed E-state index contributed by atoms with van der Waals surface area (Å²) in [5.74, 6) is -0.00116. The minimum Gasteiger partial charge on any atom is -0.490 e. The monoisotopic (exact) mass is 396 g/mol. The van der Waals surface area contributed by atoms with E-state index in [1.165, 1.54) is 20.2 Å². The SMILES string of the molecule is CN1C(=O)C(=Cc2cn(C)nc2-c2ccc3c(c2)OCCCO3)C(=O)N(C)C1=O. The van der Waals surface area contributed by atoms with Crippen molar-refractivity contribution in [3.05, 3.63) is 35.5 Å². The lowest BCUT2D eigenvalue weighted by Crippen LogP contribution is -2.52. The van der Waals surface area contributed by atoms with Crippen LogP contribution in [-0.2, 0) is 16.6 Å². The van der Waals surface area contributed by atoms with E-state index in [4.69, 9.17) is 9.47 Å². The molecule has 4 rings (SSSR count). The average Bonchev–Trinajstić information content (AvgIpc) is 2.93. The van der Waals surface area contributed by atoms with Gasteiger partial charge in [-0.25, -0.2) is 4.79 Å². The standard InChI is InChI=1S/C20H20N4O5/c1-22-11-13(9-14-18(25)23(2)20(27)24(3)19(14)26)17(21-22)12-5-6-15-16(10-12)29-8-4-7-28-15/h5-6,9-11H,4,7-8H2,1-3H3. The van der Waals surface area contributed by atoms with Crippen LogP contribution in [0.4, 0.5) is 4.79 Å². The first kappa shape index (κ1) is 18.7. The number of rotatable bonds is 2. The van der Waals surface area contributed by atoms with Crippen LogP contribution in [0.15, 0.2) is 30.0 Å². The number of likely N-dealkylation sites (N-methyl/N-ethyl adjacent to an activating group) is 2. The molecule has 0 atom stereocenters. The van der Waals surface area contributed by atoms with Crippen LogP contribution in [0.25, 0.3) is 17.3 Å². The summed E-state index contributed by atoms with van der Waals surface area (Å²) in [5, 5.41) is 4.48. The lowest BCUT2D eigenvalue weighted by molar-refractivity contribution is -0.134. The van der Waals surface area contributed by atoms with Gasteiger partial charge in [-0.3, -0.25) is 24.1 Å². The fourth-order valence-electron chi connectivity index (χ4n) is 3.28. The van der Waals surface area contributed by atoms with E-state index in [0.29, 0.717) is 36.0 Å². The van der Waals surface area contributed by atoms with Gasteiger partial charge in [0.2, 0.25) is 0 Å². The molecule has 1 aromatic heterocycles. The number of nitrogens with zero attached hydrogens (tertiary/aromatic N) is 4. The molecule has 0 aliphatic carbocycles. The summed E-state index contributed by atoms with van der Waals surface area (Å²) in [6, 6.07) is 4.84. The highest BCUT2D eigenvalue weighted by Crippen LogP contribution is 2.35. The van der Waals surface area contributed by atoms with Gasteiger partial charge >= 0.3 is 6.03 Å². The van der Waals surface area contributed by atoms with Crippen LogP contribution in [0.3, 0.4) is 0 Å². The quantitative estimate of drug-likeness (QED) is 0.566. The second-order valence-corrected chi connectivity index (χ2v) is 6.89. The van der Waals surface area contributed by atoms with Gasteiger partial charge in [-0.1, -0.05) is 0 Å². The minimum atomic E-state index is -0.661. The zero-order chi connectivity index (χ0) is 20.7. The zero-order valence-corrected chi connectivity index (χ0v) is 16.3. The van der Waals surface area contributed by atoms with Crippen LogP contribution < -0.4 is 9.47 Å². The summed E-state index contributed by atoms with van der Waals surface area (Å²) >= 11 is 0. The summed E-state index contributed by atoms with van der Waals surface area (Å²) in [4.78, 5) is 38.8. The smallest absolute Gasteiger partial charge is 0.333 e. The molecule has 0 unspecified atom stereocenters. The van der Waals surface area contributed by atoms with E-state index in [9.17, 15) is 14.4 Å². The predicted molar refractivity (Wildman–Crippen MR) is 103 cm³/mol. The highest BCUT2D eigenvalue weighted by atomic mass is 16.5. The van der Waals surface area contributed by atoms with Gasteiger partial charge in [0.25, 0.3) is 11.8 Å². The van der Waals surface area contributed by atoms with Gasteiger partial charge < -0.3 is 9.47 Å². The molecule has 29 heavy (non-hydrogen) atoms. The topological polar surface area (TPSA) is 94.0 Å². The number of urea groups is 1. The summed E-state index contributed by atoms with van der Waals surface area (Å²) in [6.45, 7) is 1.16. The van der Waals surface area contributed by atoms with Gasteiger partial charge in [-0.05, 0) is 24.3 Å². The van der Waals surface area contributed by atoms with Crippen molar-refractivity contribution in [2.45, 2.75) is 6.42 Å². The number of hydrogen-bond donors (Lipinski definition) is 0. The van der Waals surface area contributed by atoms with Crippen molar-refractivity contribution in [3.63, 3.8) is 0 Å². The van der Waals surface area contributed by atoms with E-state index in [-0.39, 0.29) is 5.57 Å². The van der Waals surface area contributed by atoms with Gasteiger partial charge in [0.15, 0.2) is 11.5 Å². The maximum Gasteiger partial charge on any atom is 0.333 e. The molecule has 2 aliphatic rings. The Balaban J connectivity index is 1.77. The van der Waals surface area contributed by atoms with E-state index >= 15 is 0 Å². The molecule has 0 saturated carbocycles. The number of fused-ring (bicyclic) bond motifs is 1. The summed E-state index contributed by atoms with van der Waals surface area (Å²) in [5.41, 5.74) is 1.82. The van der Waals surface area contributed by atoms with Gasteiger partial charge in [0.05, 0.1) is 18.9 Å². The molecule has 1 fully saturated rings. The molecule has 9 heteroatoms. The van der Waals surface area contributed by atoms with E-state index in [1.807, 2.05) is 18.2 Å². The number of aromatic nitrogens is 2. The largest absolute Gasteiger partial charge is 0.490 e. The van der Waals surface area contributed by atoms with Crippen LogP contribution in [-0.4, -0.2) is 64.7 Å². The van der Waals surface area contributed by atoms with E-state index in [2.05, 4.69) is 5.10 Å². The number of carbonyl (C=O) groups excluding carboxylic acids is 3. The molecule has 3 heterocycles. The lowest BCUT2D eigenvalue weighted by Gasteiger charge is -2.28. The molecular formula is C20H20N4O5. The highest BCUT2D eigenvalue weighted by molar-refractivity contribution is 6.30. The van der Waals surface area contributed by atoms with Gasteiger partial charge in [-0.2, -0.15) is 5.10 Å². The van der Waals surface area contributed by atoms with E-state index in [1.54, 1.807) is 17.9 Å². The van der Waals surface area contributed by atoms with Crippen LogP contribution in [0, 0.1) is 0 Å². The van der Waals surface area contributed by atoms with Crippen LogP contribution in [0.2, 0.25) is 0 Å². The molecule has 150 valence electrons. The molecule has 1 saturated heterocycles. The third-order valence-corrected chi connectivity index (χ3v) is 4.82. The molecule has 4 amide bonds. The van der Waals surface area contributed by atoms with Gasteiger partial charge in [0, 0.05) is 44.9 Å². The molecule has 1 aromatic carbocycles. The Morgan fingerprint density at radius 1 is 0.966 bits per heavy atom. The van der Waals surface area contributed by atoms with Crippen molar-refractivity contribution in [2.24, 2.45) is 7.05 Å². The zero-order valence-electron chi connectivity index (χ0n) is 16.3. The number of imide groups is 2. The second kappa shape index (κ2) is 7.08. The molecular weight excluding hydrogens is 376 g/mol. The number of ether oxygens (including phenoxy) is 2. The molecule has 2 aromatic rings. The fourth-order valence-corrected chi connectivity index (χ4v) is 3.28. The number of carbonyl (C=O) groups is 3. The van der Waals surface area contributed by atoms with Crippen LogP contribution in [0.1, 0.15) is 12.0 Å². The Hall–Kier alpha value is -3.62. The van der Waals surface area contributed by atoms with Crippen molar-refractivity contribution in [2.75, 3.05) is 27.3 Å². The predicted octanol–water partition coefficient (Wildman–Crippen LogP) is 1.68. The summed E-state index contributed by atoms with van der Waals surface area (Å²) in [7, 11) is 4.44. The van der Waals surface area contributed by atoms with Gasteiger partial charge in [-0.15, -0.1) is 0 Å². The number of aryl methyl sites for hydroxylation is 1. The Bertz CT molecular complexity index is 1030. The van der Waals surface area contributed by atoms with Crippen LogP contribution in [0.5, 0.6) is 11.5 Å².